The van der Waals surface area contributed by atoms with E-state index in [2.05, 4.69) is 5.87 Å². The summed E-state index contributed by atoms with van der Waals surface area (Å²) >= 11 is 0. The van der Waals surface area contributed by atoms with E-state index in [4.69, 9.17) is 8.37 Å². The molecule has 1 unspecified atom stereocenters. The maximum atomic E-state index is 12.8. The number of ether oxygens (including phenoxy) is 1. The minimum Gasteiger partial charge on any atom is -0.367 e. The molecule has 2 rings (SSSR count). The molecule has 6 heteroatoms. The topological polar surface area (TPSA) is 52.6 Å². The van der Waals surface area contributed by atoms with Crippen LogP contribution >= 0.6 is 9.03 Å². The molecule has 0 N–H and O–H groups in total. The molecule has 1 aliphatic rings. The summed E-state index contributed by atoms with van der Waals surface area (Å²) in [5, 5.41) is 0. The largest absolute Gasteiger partial charge is 0.367 e. The van der Waals surface area contributed by atoms with E-state index in [1.54, 1.807) is 24.3 Å². The lowest BCUT2D eigenvalue weighted by Crippen LogP contribution is -2.36. The molecule has 0 radical (unpaired) electrons. The maximum absolute atomic E-state index is 12.8. The van der Waals surface area contributed by atoms with Crippen LogP contribution in [0, 0.1) is 6.92 Å². The van der Waals surface area contributed by atoms with Crippen molar-refractivity contribution in [2.24, 2.45) is 0 Å². The number of hydrogen-bond acceptors (Lipinski definition) is 4. The molecule has 1 aliphatic heterocycles. The van der Waals surface area contributed by atoms with E-state index in [0.29, 0.717) is 18.1 Å². The number of aryl methyl sites for hydroxylation is 1. The first-order valence-electron chi connectivity index (χ1n) is 8.14. The Morgan fingerprint density at radius 3 is 2.30 bits per heavy atom. The van der Waals surface area contributed by atoms with E-state index >= 15 is 0 Å². The van der Waals surface area contributed by atoms with Crippen molar-refractivity contribution in [1.82, 2.24) is 0 Å². The summed E-state index contributed by atoms with van der Waals surface area (Å²) in [6.07, 6.45) is 2.86. The Hall–Kier alpha value is -0.690. The molecule has 4 nitrogen and oxygen atoms in total. The van der Waals surface area contributed by atoms with E-state index < -0.39 is 19.1 Å². The molecule has 1 fully saturated rings. The fraction of sp³-hybridized carbons (Fsp3) is 0.588. The lowest BCUT2D eigenvalue weighted by Gasteiger charge is -2.52. The maximum Gasteiger partial charge on any atom is 0.305 e. The summed E-state index contributed by atoms with van der Waals surface area (Å²) in [6, 6.07) is 6.74. The van der Waals surface area contributed by atoms with Crippen LogP contribution in [0.25, 0.3) is 0 Å². The molecule has 0 spiro atoms. The molecule has 0 bridgehead atoms. The summed E-state index contributed by atoms with van der Waals surface area (Å²) in [5.41, 5.74) is 0.798. The molecular weight excluding hydrogens is 332 g/mol. The Labute approximate surface area is 140 Å². The number of benzene rings is 1. The third-order valence-electron chi connectivity index (χ3n) is 4.77. The van der Waals surface area contributed by atoms with Gasteiger partial charge in [-0.05, 0) is 49.8 Å². The highest BCUT2D eigenvalue weighted by Crippen LogP contribution is 2.65. The van der Waals surface area contributed by atoms with Crippen LogP contribution in [-0.4, -0.2) is 37.8 Å². The quantitative estimate of drug-likeness (QED) is 0.721. The molecule has 0 aromatic heterocycles. The summed E-state index contributed by atoms with van der Waals surface area (Å²) in [6.45, 7) is 6.49. The van der Waals surface area contributed by atoms with Crippen LogP contribution < -0.4 is 0 Å². The Kier molecular flexibility index (Phi) is 5.41. The van der Waals surface area contributed by atoms with E-state index in [0.717, 1.165) is 24.8 Å². The molecule has 23 heavy (non-hydrogen) atoms. The van der Waals surface area contributed by atoms with Gasteiger partial charge in [-0.1, -0.05) is 37.4 Å². The normalized spacial score (nSPS) is 21.5. The third-order valence-corrected chi connectivity index (χ3v) is 12.3. The van der Waals surface area contributed by atoms with Crippen LogP contribution in [0.2, 0.25) is 0 Å². The van der Waals surface area contributed by atoms with E-state index in [1.807, 2.05) is 20.8 Å². The van der Waals surface area contributed by atoms with Crippen LogP contribution in [0.15, 0.2) is 29.2 Å². The van der Waals surface area contributed by atoms with Crippen LogP contribution in [0.5, 0.6) is 0 Å². The average molecular weight is 361 g/mol. The van der Waals surface area contributed by atoms with Crippen LogP contribution in [0.3, 0.4) is 0 Å². The molecule has 132 valence electrons. The van der Waals surface area contributed by atoms with Crippen molar-refractivity contribution in [3.8, 4) is 0 Å². The highest BCUT2D eigenvalue weighted by Gasteiger charge is 2.43. The SMILES string of the molecule is C=S(CC)(CC)(OS(=O)(=O)c1ccc(C)cc1)C1CCCCO1. The Bertz CT molecular complexity index is 691. The summed E-state index contributed by atoms with van der Waals surface area (Å²) < 4.78 is 37.5. The molecule has 0 amide bonds. The monoisotopic (exact) mass is 360 g/mol. The van der Waals surface area contributed by atoms with Crippen molar-refractivity contribution >= 4 is 25.0 Å². The second-order valence-corrected chi connectivity index (χ2v) is 13.0. The first kappa shape index (κ1) is 18.6. The van der Waals surface area contributed by atoms with Gasteiger partial charge in [-0.25, -0.2) is 3.63 Å². The van der Waals surface area contributed by atoms with Crippen LogP contribution in [0.4, 0.5) is 0 Å². The number of hydrogen-bond donors (Lipinski definition) is 0. The van der Waals surface area contributed by atoms with Gasteiger partial charge >= 0.3 is 10.1 Å². The fourth-order valence-corrected chi connectivity index (χ4v) is 9.08. The van der Waals surface area contributed by atoms with Crippen molar-refractivity contribution in [1.29, 1.82) is 0 Å². The van der Waals surface area contributed by atoms with Crippen LogP contribution in [0.1, 0.15) is 38.7 Å². The van der Waals surface area contributed by atoms with E-state index in [1.165, 1.54) is 0 Å². The first-order valence-corrected chi connectivity index (χ1v) is 12.1. The van der Waals surface area contributed by atoms with Gasteiger partial charge in [0.25, 0.3) is 0 Å². The van der Waals surface area contributed by atoms with Crippen molar-refractivity contribution in [2.45, 2.75) is 50.4 Å². The van der Waals surface area contributed by atoms with Crippen molar-refractivity contribution in [2.75, 3.05) is 18.1 Å². The zero-order valence-corrected chi connectivity index (χ0v) is 15.9. The van der Waals surface area contributed by atoms with Gasteiger partial charge in [0, 0.05) is 6.61 Å². The first-order chi connectivity index (χ1) is 10.7. The van der Waals surface area contributed by atoms with Gasteiger partial charge in [-0.15, -0.1) is 9.03 Å². The van der Waals surface area contributed by atoms with Crippen molar-refractivity contribution in [3.63, 3.8) is 0 Å². The average Bonchev–Trinajstić information content (AvgIpc) is 2.56. The molecule has 1 atom stereocenters. The molecule has 0 saturated carbocycles. The van der Waals surface area contributed by atoms with Gasteiger partial charge in [-0.3, -0.25) is 0 Å². The smallest absolute Gasteiger partial charge is 0.305 e. The minimum atomic E-state index is -3.86. The van der Waals surface area contributed by atoms with Gasteiger partial charge in [0.15, 0.2) is 0 Å². The molecule has 0 aliphatic carbocycles. The fourth-order valence-electron chi connectivity index (χ4n) is 2.88. The van der Waals surface area contributed by atoms with Crippen LogP contribution in [-0.2, 0) is 18.5 Å². The van der Waals surface area contributed by atoms with E-state index in [9.17, 15) is 8.42 Å². The van der Waals surface area contributed by atoms with Gasteiger partial charge in [0.05, 0.1) is 4.90 Å². The Morgan fingerprint density at radius 2 is 1.83 bits per heavy atom. The molecule has 1 aromatic carbocycles. The Balaban J connectivity index is 2.41. The summed E-state index contributed by atoms with van der Waals surface area (Å²) in [7, 11) is -6.79. The zero-order chi connectivity index (χ0) is 17.2. The molecule has 1 saturated heterocycles. The lowest BCUT2D eigenvalue weighted by molar-refractivity contribution is 0.0657. The third kappa shape index (κ3) is 3.71. The van der Waals surface area contributed by atoms with E-state index in [-0.39, 0.29) is 10.3 Å². The predicted octanol–water partition coefficient (Wildman–Crippen LogP) is 3.95. The predicted molar refractivity (Wildman–Crippen MR) is 98.8 cm³/mol. The highest BCUT2D eigenvalue weighted by atomic mass is 32.3. The standard InChI is InChI=1S/C17H28O4S2/c1-5-23(4,6-2,17-9-7-8-14-20-17)21-22(18,19)16-12-10-15(3)11-13-16/h10-13,17H,4-9,14H2,1-3H3. The van der Waals surface area contributed by atoms with Gasteiger partial charge in [-0.2, -0.15) is 8.42 Å². The molecular formula is C17H28O4S2. The summed E-state index contributed by atoms with van der Waals surface area (Å²) in [5.74, 6) is 5.52. The second-order valence-electron chi connectivity index (χ2n) is 6.27. The minimum absolute atomic E-state index is 0.187. The van der Waals surface area contributed by atoms with Gasteiger partial charge in [0.1, 0.15) is 5.44 Å². The number of rotatable bonds is 6. The zero-order valence-electron chi connectivity index (χ0n) is 14.3. The van der Waals surface area contributed by atoms with Crippen molar-refractivity contribution < 1.29 is 16.8 Å². The molecule has 1 aromatic rings. The molecule has 1 heterocycles. The van der Waals surface area contributed by atoms with Gasteiger partial charge < -0.3 is 4.74 Å². The second kappa shape index (κ2) is 6.67. The van der Waals surface area contributed by atoms with Crippen molar-refractivity contribution in [3.05, 3.63) is 29.8 Å². The Morgan fingerprint density at radius 1 is 1.22 bits per heavy atom. The van der Waals surface area contributed by atoms with Gasteiger partial charge in [0.2, 0.25) is 0 Å². The lowest BCUT2D eigenvalue weighted by atomic mass is 10.2. The summed E-state index contributed by atoms with van der Waals surface area (Å²) in [4.78, 5) is 0.187. The highest BCUT2D eigenvalue weighted by molar-refractivity contribution is 8.45.